The molecule has 5 N–H and O–H groups in total. The average molecular weight is 1100 g/mol. The van der Waals surface area contributed by atoms with Gasteiger partial charge in [0, 0.05) is 71.2 Å². The number of aliphatic carboxylic acids is 1. The van der Waals surface area contributed by atoms with Gasteiger partial charge in [0.2, 0.25) is 0 Å². The highest BCUT2D eigenvalue weighted by Crippen LogP contribution is 2.51. The first-order valence-electron chi connectivity index (χ1n) is 23.7. The first-order valence-corrected chi connectivity index (χ1v) is 30.3. The maximum Gasteiger partial charge on any atom is 0.303 e. The van der Waals surface area contributed by atoms with Gasteiger partial charge in [0.25, 0.3) is 40.5 Å². The summed E-state index contributed by atoms with van der Waals surface area (Å²) in [5, 5.41) is 11.1. The predicted octanol–water partition coefficient (Wildman–Crippen LogP) is 9.57. The highest BCUT2D eigenvalue weighted by atomic mass is 35.5. The number of unbranched alkanes of at least 4 members (excludes halogenated alkanes) is 3. The van der Waals surface area contributed by atoms with Crippen molar-refractivity contribution in [2.75, 3.05) is 53.2 Å². The molecular weight excluding hydrogens is 1030 g/mol. The largest absolute Gasteiger partial charge is 0.481 e. The van der Waals surface area contributed by atoms with Gasteiger partial charge in [-0.05, 0) is 121 Å². The lowest BCUT2D eigenvalue weighted by Crippen LogP contribution is -2.31. The van der Waals surface area contributed by atoms with E-state index in [0.29, 0.717) is 54.0 Å². The summed E-state index contributed by atoms with van der Waals surface area (Å²) in [4.78, 5) is 19.8. The Morgan fingerprint density at radius 3 is 2.00 bits per heavy atom. The van der Waals surface area contributed by atoms with Crippen LogP contribution in [0.25, 0.3) is 10.8 Å². The number of carboxylic acids is 1. The standard InChI is InChI=1S/C50H68ClN3O14S4/c1-6-7-16-37(43(51)19-12-20-46-50(4,5)48-42-25-24-41(72(66,67)68)35-38(42)22-26-44(48)54(46)31-10-8-9-21-47(55)56)23-27-45(52-28-13-32-69(57,58)59)49(2,3)39-17-11-18-40(36-39)53(29-14-33-70(60,61)62)30-15-34-71(63,64)65/h11-12,17-20,22-27,35-36H,6-10,13-16,21,28-34H2,1-5H3,(H,55,56)(H,57,58,59)(H,60,61,62)(H,63,64,65)(H,66,67,68)/b19-12+,27-23+,43-37-,46-20+,52-45?. The van der Waals surface area contributed by atoms with Crippen LogP contribution in [0.4, 0.5) is 11.4 Å². The predicted molar refractivity (Wildman–Crippen MR) is 286 cm³/mol. The van der Waals surface area contributed by atoms with Crippen molar-refractivity contribution in [1.82, 2.24) is 0 Å². The Morgan fingerprint density at radius 2 is 1.40 bits per heavy atom. The Kier molecular flexibility index (Phi) is 21.4. The van der Waals surface area contributed by atoms with Crippen molar-refractivity contribution in [2.24, 2.45) is 4.99 Å². The van der Waals surface area contributed by atoms with Crippen LogP contribution >= 0.6 is 11.6 Å². The lowest BCUT2D eigenvalue weighted by atomic mass is 9.79. The van der Waals surface area contributed by atoms with Gasteiger partial charge in [-0.3, -0.25) is 28.0 Å². The second-order valence-corrected chi connectivity index (χ2v) is 25.4. The molecule has 0 bridgehead atoms. The number of anilines is 2. The normalized spacial score (nSPS) is 15.8. The number of carbonyl (C=O) groups is 1. The molecule has 398 valence electrons. The molecule has 22 heteroatoms. The summed E-state index contributed by atoms with van der Waals surface area (Å²) in [7, 11) is -17.3. The summed E-state index contributed by atoms with van der Waals surface area (Å²) in [6.07, 6.45) is 13.6. The summed E-state index contributed by atoms with van der Waals surface area (Å²) < 4.78 is 131. The molecule has 0 spiro atoms. The van der Waals surface area contributed by atoms with E-state index in [1.54, 1.807) is 29.2 Å². The second-order valence-electron chi connectivity index (χ2n) is 18.9. The van der Waals surface area contributed by atoms with E-state index in [4.69, 9.17) is 16.6 Å². The molecule has 3 aromatic carbocycles. The zero-order valence-corrected chi connectivity index (χ0v) is 45.4. The topological polar surface area (TPSA) is 274 Å². The third-order valence-corrected chi connectivity index (χ3v) is 16.1. The lowest BCUT2D eigenvalue weighted by molar-refractivity contribution is -0.137. The molecule has 1 aliphatic rings. The Morgan fingerprint density at radius 1 is 0.764 bits per heavy atom. The van der Waals surface area contributed by atoms with Gasteiger partial charge in [-0.15, -0.1) is 0 Å². The van der Waals surface area contributed by atoms with Crippen LogP contribution in [0, 0.1) is 0 Å². The molecule has 72 heavy (non-hydrogen) atoms. The van der Waals surface area contributed by atoms with Crippen LogP contribution < -0.4 is 9.80 Å². The zero-order valence-electron chi connectivity index (χ0n) is 41.4. The summed E-state index contributed by atoms with van der Waals surface area (Å²) in [6.45, 7) is 10.9. The number of rotatable bonds is 29. The number of hydrogen-bond acceptors (Lipinski definition) is 12. The van der Waals surface area contributed by atoms with Gasteiger partial charge in [-0.25, -0.2) is 0 Å². The van der Waals surface area contributed by atoms with E-state index in [0.717, 1.165) is 46.3 Å². The van der Waals surface area contributed by atoms with Gasteiger partial charge in [0.15, 0.2) is 0 Å². The molecule has 0 radical (unpaired) electrons. The zero-order chi connectivity index (χ0) is 53.7. The van der Waals surface area contributed by atoms with Gasteiger partial charge in [0.1, 0.15) is 0 Å². The molecule has 0 atom stereocenters. The monoisotopic (exact) mass is 1100 g/mol. The summed E-state index contributed by atoms with van der Waals surface area (Å²) >= 11 is 7.16. The maximum absolute atomic E-state index is 12.0. The molecule has 0 aliphatic carbocycles. The average Bonchev–Trinajstić information content (AvgIpc) is 3.49. The summed E-state index contributed by atoms with van der Waals surface area (Å²) in [5.41, 5.74) is 3.96. The number of carboxylic acid groups (broad SMARTS) is 1. The molecule has 0 fully saturated rings. The second kappa shape index (κ2) is 25.7. The van der Waals surface area contributed by atoms with Crippen molar-refractivity contribution in [1.29, 1.82) is 0 Å². The van der Waals surface area contributed by atoms with E-state index in [9.17, 15) is 61.8 Å². The Bertz CT molecular complexity index is 3000. The molecule has 4 rings (SSSR count). The van der Waals surface area contributed by atoms with E-state index in [1.807, 2.05) is 69.3 Å². The van der Waals surface area contributed by atoms with E-state index >= 15 is 0 Å². The molecule has 17 nitrogen and oxygen atoms in total. The van der Waals surface area contributed by atoms with Crippen LogP contribution in [0.1, 0.15) is 110 Å². The van der Waals surface area contributed by atoms with Gasteiger partial charge in [-0.1, -0.05) is 95.5 Å². The number of fused-ring (bicyclic) bond motifs is 3. The van der Waals surface area contributed by atoms with E-state index in [2.05, 4.69) is 18.7 Å². The fourth-order valence-corrected chi connectivity index (χ4v) is 11.0. The first kappa shape index (κ1) is 60.1. The molecule has 0 unspecified atom stereocenters. The third kappa shape index (κ3) is 18.2. The van der Waals surface area contributed by atoms with E-state index in [1.165, 1.54) is 12.1 Å². The number of hydrogen-bond donors (Lipinski definition) is 5. The third-order valence-electron chi connectivity index (χ3n) is 12.5. The highest BCUT2D eigenvalue weighted by molar-refractivity contribution is 7.86. The van der Waals surface area contributed by atoms with E-state index < -0.39 is 74.5 Å². The first-order chi connectivity index (χ1) is 33.4. The van der Waals surface area contributed by atoms with Crippen molar-refractivity contribution in [3.63, 3.8) is 0 Å². The number of aliphatic imine (C=N–C) groups is 1. The number of allylic oxidation sites excluding steroid dienone is 8. The Labute approximate surface area is 430 Å². The fraction of sp³-hybridized carbons (Fsp3) is 0.480. The van der Waals surface area contributed by atoms with Crippen molar-refractivity contribution in [3.8, 4) is 0 Å². The molecule has 0 amide bonds. The van der Waals surface area contributed by atoms with Crippen LogP contribution in [0.2, 0.25) is 0 Å². The molecule has 3 aromatic rings. The molecule has 0 aromatic heterocycles. The fourth-order valence-electron chi connectivity index (χ4n) is 8.75. The van der Waals surface area contributed by atoms with Crippen molar-refractivity contribution < 1.29 is 61.8 Å². The van der Waals surface area contributed by atoms with Crippen molar-refractivity contribution >= 4 is 85.9 Å². The molecule has 0 saturated carbocycles. The minimum Gasteiger partial charge on any atom is -0.481 e. The van der Waals surface area contributed by atoms with Crippen molar-refractivity contribution in [2.45, 2.75) is 115 Å². The Balaban J connectivity index is 1.78. The number of halogens is 1. The van der Waals surface area contributed by atoms with Crippen molar-refractivity contribution in [3.05, 3.63) is 112 Å². The summed E-state index contributed by atoms with van der Waals surface area (Å²) in [5.74, 6) is -2.41. The molecule has 1 heterocycles. The molecular formula is C50H68ClN3O14S4. The maximum atomic E-state index is 12.0. The highest BCUT2D eigenvalue weighted by Gasteiger charge is 2.41. The quantitative estimate of drug-likeness (QED) is 0.0187. The minimum absolute atomic E-state index is 0.0270. The SMILES string of the molecule is CCCCC(/C=C/C(=NCCCS(=O)(=O)O)C(C)(C)c1cccc(N(CCCS(=O)(=O)O)CCCS(=O)(=O)O)c1)=C(Cl)\C=C\C=C1\N(CCCCCC(=O)O)c2ccc3cc(S(=O)(=O)O)ccc3c2C1(C)C. The molecule has 0 saturated heterocycles. The number of benzene rings is 3. The van der Waals surface area contributed by atoms with Gasteiger partial charge in [-0.2, -0.15) is 33.7 Å². The van der Waals surface area contributed by atoms with Crippen LogP contribution in [0.3, 0.4) is 0 Å². The number of nitrogens with zero attached hydrogens (tertiary/aromatic N) is 3. The smallest absolute Gasteiger partial charge is 0.303 e. The van der Waals surface area contributed by atoms with E-state index in [-0.39, 0.29) is 50.2 Å². The lowest BCUT2D eigenvalue weighted by Gasteiger charge is -2.30. The van der Waals surface area contributed by atoms with Crippen LogP contribution in [-0.2, 0) is 56.1 Å². The summed E-state index contributed by atoms with van der Waals surface area (Å²) in [6, 6.07) is 15.5. The van der Waals surface area contributed by atoms with Crippen LogP contribution in [0.5, 0.6) is 0 Å². The minimum atomic E-state index is -4.44. The van der Waals surface area contributed by atoms with Crippen LogP contribution in [-0.4, -0.2) is 112 Å². The Hall–Kier alpha value is -4.45. The molecule has 1 aliphatic heterocycles. The van der Waals surface area contributed by atoms with Gasteiger partial charge < -0.3 is 14.9 Å². The van der Waals surface area contributed by atoms with Gasteiger partial charge >= 0.3 is 5.97 Å². The van der Waals surface area contributed by atoms with Gasteiger partial charge in [0.05, 0.1) is 22.2 Å². The van der Waals surface area contributed by atoms with Crippen LogP contribution in [0.15, 0.2) is 111 Å².